The van der Waals surface area contributed by atoms with Gasteiger partial charge in [-0.3, -0.25) is 4.79 Å². The third-order valence-corrected chi connectivity index (χ3v) is 3.47. The van der Waals surface area contributed by atoms with Crippen molar-refractivity contribution >= 4 is 21.8 Å². The van der Waals surface area contributed by atoms with Crippen molar-refractivity contribution in [3.63, 3.8) is 0 Å². The van der Waals surface area contributed by atoms with Crippen molar-refractivity contribution in [3.8, 4) is 0 Å². The van der Waals surface area contributed by atoms with Gasteiger partial charge in [0.15, 0.2) is 0 Å². The van der Waals surface area contributed by atoms with E-state index in [1.807, 2.05) is 32.0 Å². The molecule has 1 aromatic carbocycles. The highest BCUT2D eigenvalue weighted by Crippen LogP contribution is 2.17. The summed E-state index contributed by atoms with van der Waals surface area (Å²) in [6.45, 7) is 4.43. The number of nitrogens with one attached hydrogen (secondary N) is 1. The first-order valence-corrected chi connectivity index (χ1v) is 7.11. The molecule has 0 saturated heterocycles. The van der Waals surface area contributed by atoms with E-state index < -0.39 is 0 Å². The van der Waals surface area contributed by atoms with E-state index in [2.05, 4.69) is 27.3 Å². The van der Waals surface area contributed by atoms with Crippen LogP contribution in [-0.2, 0) is 11.2 Å². The summed E-state index contributed by atoms with van der Waals surface area (Å²) in [6.07, 6.45) is 1.59. The molecule has 2 atom stereocenters. The molecule has 0 heterocycles. The second-order valence-electron chi connectivity index (χ2n) is 4.58. The highest BCUT2D eigenvalue weighted by atomic mass is 79.9. The summed E-state index contributed by atoms with van der Waals surface area (Å²) in [5.41, 5.74) is 6.69. The Bertz CT molecular complexity index is 395. The maximum atomic E-state index is 12.1. The summed E-state index contributed by atoms with van der Waals surface area (Å²) in [6, 6.07) is 8.12. The molecule has 0 aliphatic heterocycles. The first-order valence-electron chi connectivity index (χ1n) is 6.31. The highest BCUT2D eigenvalue weighted by Gasteiger charge is 2.18. The van der Waals surface area contributed by atoms with Gasteiger partial charge in [-0.1, -0.05) is 35.0 Å². The standard InChI is InChI=1S/C14H21BrN2O/c1-3-12(14(18)17-10(2)9-16)7-11-5-4-6-13(15)8-11/h4-6,8,10,12H,3,7,9,16H2,1-2H3,(H,17,18)/t10-,12?/m0/s1. The Morgan fingerprint density at radius 2 is 2.22 bits per heavy atom. The van der Waals surface area contributed by atoms with Crippen LogP contribution in [0.4, 0.5) is 0 Å². The minimum atomic E-state index is 0.00769. The monoisotopic (exact) mass is 312 g/mol. The second-order valence-corrected chi connectivity index (χ2v) is 5.50. The van der Waals surface area contributed by atoms with Crippen LogP contribution >= 0.6 is 15.9 Å². The zero-order chi connectivity index (χ0) is 13.5. The third kappa shape index (κ3) is 4.78. The lowest BCUT2D eigenvalue weighted by molar-refractivity contribution is -0.125. The molecule has 100 valence electrons. The van der Waals surface area contributed by atoms with Crippen LogP contribution in [0, 0.1) is 5.92 Å². The molecule has 0 spiro atoms. The molecule has 1 aromatic rings. The quantitative estimate of drug-likeness (QED) is 0.848. The molecule has 18 heavy (non-hydrogen) atoms. The van der Waals surface area contributed by atoms with Crippen molar-refractivity contribution in [1.29, 1.82) is 0 Å². The van der Waals surface area contributed by atoms with E-state index in [1.54, 1.807) is 0 Å². The summed E-state index contributed by atoms with van der Waals surface area (Å²) < 4.78 is 1.05. The Hall–Kier alpha value is -0.870. The zero-order valence-electron chi connectivity index (χ0n) is 10.9. The van der Waals surface area contributed by atoms with E-state index >= 15 is 0 Å². The molecule has 0 radical (unpaired) electrons. The van der Waals surface area contributed by atoms with Crippen LogP contribution in [0.25, 0.3) is 0 Å². The fraction of sp³-hybridized carbons (Fsp3) is 0.500. The van der Waals surface area contributed by atoms with E-state index in [1.165, 1.54) is 5.56 Å². The summed E-state index contributed by atoms with van der Waals surface area (Å²) in [5, 5.41) is 2.94. The second kappa shape index (κ2) is 7.54. The first-order chi connectivity index (χ1) is 8.56. The Morgan fingerprint density at radius 3 is 2.78 bits per heavy atom. The lowest BCUT2D eigenvalue weighted by Crippen LogP contribution is -2.41. The molecule has 1 rings (SSSR count). The SMILES string of the molecule is CCC(Cc1cccc(Br)c1)C(=O)N[C@@H](C)CN. The average Bonchev–Trinajstić information content (AvgIpc) is 2.35. The van der Waals surface area contributed by atoms with Crippen LogP contribution in [0.15, 0.2) is 28.7 Å². The third-order valence-electron chi connectivity index (χ3n) is 2.98. The van der Waals surface area contributed by atoms with Crippen LogP contribution < -0.4 is 11.1 Å². The van der Waals surface area contributed by atoms with Gasteiger partial charge in [-0.05, 0) is 37.5 Å². The Balaban J connectivity index is 2.64. The van der Waals surface area contributed by atoms with Crippen LogP contribution in [0.3, 0.4) is 0 Å². The number of amides is 1. The molecule has 0 aromatic heterocycles. The van der Waals surface area contributed by atoms with Gasteiger partial charge >= 0.3 is 0 Å². The molecule has 0 bridgehead atoms. The molecular formula is C14H21BrN2O. The molecule has 3 nitrogen and oxygen atoms in total. The van der Waals surface area contributed by atoms with Gasteiger partial charge in [0.05, 0.1) is 0 Å². The lowest BCUT2D eigenvalue weighted by atomic mass is 9.96. The summed E-state index contributed by atoms with van der Waals surface area (Å²) in [7, 11) is 0. The van der Waals surface area contributed by atoms with Gasteiger partial charge in [-0.25, -0.2) is 0 Å². The summed E-state index contributed by atoms with van der Waals surface area (Å²) >= 11 is 3.45. The van der Waals surface area contributed by atoms with Gasteiger partial charge in [0.25, 0.3) is 0 Å². The van der Waals surface area contributed by atoms with Crippen LogP contribution in [0.2, 0.25) is 0 Å². The molecule has 0 aliphatic rings. The van der Waals surface area contributed by atoms with Gasteiger partial charge in [-0.2, -0.15) is 0 Å². The fourth-order valence-corrected chi connectivity index (χ4v) is 2.24. The molecular weight excluding hydrogens is 292 g/mol. The predicted molar refractivity (Wildman–Crippen MR) is 78.3 cm³/mol. The zero-order valence-corrected chi connectivity index (χ0v) is 12.5. The fourth-order valence-electron chi connectivity index (χ4n) is 1.79. The molecule has 0 saturated carbocycles. The smallest absolute Gasteiger partial charge is 0.223 e. The van der Waals surface area contributed by atoms with Crippen molar-refractivity contribution in [2.45, 2.75) is 32.7 Å². The average molecular weight is 313 g/mol. The molecule has 1 amide bonds. The number of carbonyl (C=O) groups is 1. The first kappa shape index (κ1) is 15.2. The number of rotatable bonds is 6. The van der Waals surface area contributed by atoms with E-state index in [9.17, 15) is 4.79 Å². The van der Waals surface area contributed by atoms with Gasteiger partial charge in [0.1, 0.15) is 0 Å². The van der Waals surface area contributed by atoms with Gasteiger partial charge in [-0.15, -0.1) is 0 Å². The van der Waals surface area contributed by atoms with E-state index in [-0.39, 0.29) is 17.9 Å². The summed E-state index contributed by atoms with van der Waals surface area (Å²) in [4.78, 5) is 12.1. The lowest BCUT2D eigenvalue weighted by Gasteiger charge is -2.18. The molecule has 0 aliphatic carbocycles. The Labute approximate surface area is 117 Å². The van der Waals surface area contributed by atoms with Crippen molar-refractivity contribution < 1.29 is 4.79 Å². The van der Waals surface area contributed by atoms with Crippen LogP contribution in [0.5, 0.6) is 0 Å². The Kier molecular flexibility index (Phi) is 6.36. The normalized spacial score (nSPS) is 14.0. The Morgan fingerprint density at radius 1 is 1.50 bits per heavy atom. The van der Waals surface area contributed by atoms with Crippen molar-refractivity contribution in [3.05, 3.63) is 34.3 Å². The van der Waals surface area contributed by atoms with Crippen molar-refractivity contribution in [1.82, 2.24) is 5.32 Å². The maximum absolute atomic E-state index is 12.1. The highest BCUT2D eigenvalue weighted by molar-refractivity contribution is 9.10. The number of nitrogens with two attached hydrogens (primary N) is 1. The number of hydrogen-bond acceptors (Lipinski definition) is 2. The summed E-state index contributed by atoms with van der Waals surface area (Å²) in [5.74, 6) is 0.101. The number of halogens is 1. The van der Waals surface area contributed by atoms with Crippen molar-refractivity contribution in [2.24, 2.45) is 11.7 Å². The molecule has 4 heteroatoms. The molecule has 3 N–H and O–H groups in total. The van der Waals surface area contributed by atoms with Crippen LogP contribution in [0.1, 0.15) is 25.8 Å². The number of carbonyl (C=O) groups excluding carboxylic acids is 1. The van der Waals surface area contributed by atoms with E-state index in [0.29, 0.717) is 6.54 Å². The minimum Gasteiger partial charge on any atom is -0.352 e. The maximum Gasteiger partial charge on any atom is 0.223 e. The van der Waals surface area contributed by atoms with E-state index in [0.717, 1.165) is 17.3 Å². The predicted octanol–water partition coefficient (Wildman–Crippen LogP) is 2.48. The van der Waals surface area contributed by atoms with Gasteiger partial charge in [0, 0.05) is 23.0 Å². The number of benzene rings is 1. The van der Waals surface area contributed by atoms with E-state index in [4.69, 9.17) is 5.73 Å². The minimum absolute atomic E-state index is 0.00769. The van der Waals surface area contributed by atoms with Gasteiger partial charge in [0.2, 0.25) is 5.91 Å². The largest absolute Gasteiger partial charge is 0.352 e. The van der Waals surface area contributed by atoms with Crippen molar-refractivity contribution in [2.75, 3.05) is 6.54 Å². The van der Waals surface area contributed by atoms with Gasteiger partial charge < -0.3 is 11.1 Å². The topological polar surface area (TPSA) is 55.1 Å². The van der Waals surface area contributed by atoms with Crippen LogP contribution in [-0.4, -0.2) is 18.5 Å². The molecule has 1 unspecified atom stereocenters. The number of hydrogen-bond donors (Lipinski definition) is 2. The molecule has 0 fully saturated rings.